The highest BCUT2D eigenvalue weighted by molar-refractivity contribution is 7.10. The molecule has 0 bridgehead atoms. The van der Waals surface area contributed by atoms with Crippen LogP contribution in [0.4, 0.5) is 0 Å². The van der Waals surface area contributed by atoms with Gasteiger partial charge in [-0.1, -0.05) is 6.07 Å². The number of amides is 1. The summed E-state index contributed by atoms with van der Waals surface area (Å²) in [5, 5.41) is 21.9. The number of nitrogens with one attached hydrogen (secondary N) is 1. The largest absolute Gasteiger partial charge is 0.393 e. The molecule has 2 heterocycles. The lowest BCUT2D eigenvalue weighted by Crippen LogP contribution is -2.41. The third-order valence-electron chi connectivity index (χ3n) is 3.60. The summed E-state index contributed by atoms with van der Waals surface area (Å²) in [5.41, 5.74) is 0.501. The van der Waals surface area contributed by atoms with E-state index in [1.165, 1.54) is 12.4 Å². The SMILES string of the molecule is O=C(NC(c1cccs1)C1CC(O)C1)c1ccnnc1. The highest BCUT2D eigenvalue weighted by Gasteiger charge is 2.36. The molecule has 20 heavy (non-hydrogen) atoms. The second-order valence-corrected chi connectivity index (χ2v) is 5.96. The number of aliphatic hydroxyl groups excluding tert-OH is 1. The van der Waals surface area contributed by atoms with Crippen LogP contribution in [-0.2, 0) is 0 Å². The summed E-state index contributed by atoms with van der Waals surface area (Å²) in [6, 6.07) is 5.59. The van der Waals surface area contributed by atoms with Gasteiger partial charge in [0.1, 0.15) is 0 Å². The van der Waals surface area contributed by atoms with E-state index in [9.17, 15) is 9.90 Å². The van der Waals surface area contributed by atoms with Crippen LogP contribution < -0.4 is 5.32 Å². The molecule has 2 aromatic rings. The number of rotatable bonds is 4. The Morgan fingerprint density at radius 3 is 2.85 bits per heavy atom. The Morgan fingerprint density at radius 2 is 2.25 bits per heavy atom. The van der Waals surface area contributed by atoms with Gasteiger partial charge in [0.15, 0.2) is 0 Å². The third kappa shape index (κ3) is 2.71. The van der Waals surface area contributed by atoms with Crippen LogP contribution in [0.25, 0.3) is 0 Å². The molecule has 1 fully saturated rings. The lowest BCUT2D eigenvalue weighted by Gasteiger charge is -2.37. The van der Waals surface area contributed by atoms with Crippen molar-refractivity contribution in [2.45, 2.75) is 25.0 Å². The minimum atomic E-state index is -0.234. The number of hydrogen-bond donors (Lipinski definition) is 2. The van der Waals surface area contributed by atoms with Crippen LogP contribution in [0.5, 0.6) is 0 Å². The van der Waals surface area contributed by atoms with E-state index in [1.807, 2.05) is 17.5 Å². The summed E-state index contributed by atoms with van der Waals surface area (Å²) >= 11 is 1.62. The second-order valence-electron chi connectivity index (χ2n) is 4.98. The van der Waals surface area contributed by atoms with E-state index >= 15 is 0 Å². The molecule has 5 nitrogen and oxygen atoms in total. The first-order valence-corrected chi connectivity index (χ1v) is 7.41. The normalized spacial score (nSPS) is 22.9. The van der Waals surface area contributed by atoms with Crippen molar-refractivity contribution < 1.29 is 9.90 Å². The zero-order valence-electron chi connectivity index (χ0n) is 10.8. The average molecular weight is 289 g/mol. The molecule has 104 valence electrons. The number of nitrogens with zero attached hydrogens (tertiary/aromatic N) is 2. The van der Waals surface area contributed by atoms with Crippen molar-refractivity contribution in [3.63, 3.8) is 0 Å². The van der Waals surface area contributed by atoms with Crippen LogP contribution in [0.2, 0.25) is 0 Å². The summed E-state index contributed by atoms with van der Waals surface area (Å²) in [5.74, 6) is 0.141. The second kappa shape index (κ2) is 5.68. The molecule has 1 aliphatic rings. The number of hydrogen-bond acceptors (Lipinski definition) is 5. The van der Waals surface area contributed by atoms with E-state index in [-0.39, 0.29) is 18.1 Å². The first-order chi connectivity index (χ1) is 9.74. The Morgan fingerprint density at radius 1 is 1.40 bits per heavy atom. The van der Waals surface area contributed by atoms with Crippen LogP contribution in [0.3, 0.4) is 0 Å². The number of carbonyl (C=O) groups excluding carboxylic acids is 1. The van der Waals surface area contributed by atoms with Crippen molar-refractivity contribution in [1.82, 2.24) is 15.5 Å². The quantitative estimate of drug-likeness (QED) is 0.899. The van der Waals surface area contributed by atoms with Gasteiger partial charge in [0.05, 0.1) is 30.1 Å². The summed E-state index contributed by atoms with van der Waals surface area (Å²) in [4.78, 5) is 13.4. The van der Waals surface area contributed by atoms with E-state index < -0.39 is 0 Å². The molecule has 1 atom stereocenters. The highest BCUT2D eigenvalue weighted by Crippen LogP contribution is 2.39. The lowest BCUT2D eigenvalue weighted by molar-refractivity contribution is 0.0241. The zero-order chi connectivity index (χ0) is 13.9. The fraction of sp³-hybridized carbons (Fsp3) is 0.357. The Labute approximate surface area is 120 Å². The summed E-state index contributed by atoms with van der Waals surface area (Å²) in [6.45, 7) is 0. The van der Waals surface area contributed by atoms with Crippen LogP contribution >= 0.6 is 11.3 Å². The molecule has 6 heteroatoms. The molecule has 0 aromatic carbocycles. The van der Waals surface area contributed by atoms with Gasteiger partial charge in [-0.15, -0.1) is 11.3 Å². The Balaban J connectivity index is 1.75. The van der Waals surface area contributed by atoms with Crippen LogP contribution in [-0.4, -0.2) is 27.3 Å². The standard InChI is InChI=1S/C14H15N3O2S/c18-11-6-10(7-11)13(12-2-1-5-20-12)17-14(19)9-3-4-15-16-8-9/h1-5,8,10-11,13,18H,6-7H2,(H,17,19). The van der Waals surface area contributed by atoms with Crippen LogP contribution in [0.15, 0.2) is 36.0 Å². The van der Waals surface area contributed by atoms with Crippen molar-refractivity contribution in [3.05, 3.63) is 46.4 Å². The van der Waals surface area contributed by atoms with Gasteiger partial charge >= 0.3 is 0 Å². The van der Waals surface area contributed by atoms with Gasteiger partial charge in [-0.2, -0.15) is 10.2 Å². The van der Waals surface area contributed by atoms with Gasteiger partial charge in [-0.05, 0) is 36.3 Å². The monoisotopic (exact) mass is 289 g/mol. The number of aliphatic hydroxyl groups is 1. The highest BCUT2D eigenvalue weighted by atomic mass is 32.1. The maximum Gasteiger partial charge on any atom is 0.253 e. The topological polar surface area (TPSA) is 75.1 Å². The van der Waals surface area contributed by atoms with E-state index in [0.717, 1.165) is 17.7 Å². The summed E-state index contributed by atoms with van der Waals surface area (Å²) in [7, 11) is 0. The molecule has 1 unspecified atom stereocenters. The van der Waals surface area contributed by atoms with Gasteiger partial charge < -0.3 is 10.4 Å². The fourth-order valence-corrected chi connectivity index (χ4v) is 3.31. The fourth-order valence-electron chi connectivity index (χ4n) is 2.44. The van der Waals surface area contributed by atoms with Crippen molar-refractivity contribution in [2.24, 2.45) is 5.92 Å². The smallest absolute Gasteiger partial charge is 0.253 e. The molecular formula is C14H15N3O2S. The first-order valence-electron chi connectivity index (χ1n) is 6.53. The minimum Gasteiger partial charge on any atom is -0.393 e. The van der Waals surface area contributed by atoms with E-state index in [0.29, 0.717) is 11.5 Å². The van der Waals surface area contributed by atoms with E-state index in [4.69, 9.17) is 0 Å². The predicted octanol–water partition coefficient (Wildman–Crippen LogP) is 1.78. The van der Waals surface area contributed by atoms with Crippen molar-refractivity contribution in [3.8, 4) is 0 Å². The molecule has 0 saturated heterocycles. The summed E-state index contributed by atoms with van der Waals surface area (Å²) in [6.07, 6.45) is 4.19. The number of thiophene rings is 1. The first kappa shape index (κ1) is 13.2. The minimum absolute atomic E-state index is 0.0425. The zero-order valence-corrected chi connectivity index (χ0v) is 11.6. The predicted molar refractivity (Wildman–Crippen MR) is 75.3 cm³/mol. The van der Waals surface area contributed by atoms with Gasteiger partial charge in [0.2, 0.25) is 0 Å². The van der Waals surface area contributed by atoms with Gasteiger partial charge in [-0.3, -0.25) is 4.79 Å². The summed E-state index contributed by atoms with van der Waals surface area (Å²) < 4.78 is 0. The van der Waals surface area contributed by atoms with Crippen molar-refractivity contribution in [2.75, 3.05) is 0 Å². The van der Waals surface area contributed by atoms with E-state index in [2.05, 4.69) is 15.5 Å². The Bertz CT molecular complexity index is 567. The maximum atomic E-state index is 12.2. The van der Waals surface area contributed by atoms with E-state index in [1.54, 1.807) is 17.4 Å². The van der Waals surface area contributed by atoms with Gasteiger partial charge in [0.25, 0.3) is 5.91 Å². The molecule has 1 amide bonds. The Kier molecular flexibility index (Phi) is 3.75. The Hall–Kier alpha value is -1.79. The average Bonchev–Trinajstić information content (AvgIpc) is 2.96. The van der Waals surface area contributed by atoms with Crippen LogP contribution in [0, 0.1) is 5.92 Å². The molecule has 3 rings (SSSR count). The van der Waals surface area contributed by atoms with Gasteiger partial charge in [0, 0.05) is 4.88 Å². The van der Waals surface area contributed by atoms with Crippen molar-refractivity contribution in [1.29, 1.82) is 0 Å². The lowest BCUT2D eigenvalue weighted by atomic mass is 9.76. The molecule has 2 N–H and O–H groups in total. The van der Waals surface area contributed by atoms with Gasteiger partial charge in [-0.25, -0.2) is 0 Å². The van der Waals surface area contributed by atoms with Crippen molar-refractivity contribution >= 4 is 17.2 Å². The molecule has 0 aliphatic heterocycles. The maximum absolute atomic E-state index is 12.2. The molecule has 1 saturated carbocycles. The van der Waals surface area contributed by atoms with Crippen LogP contribution in [0.1, 0.15) is 34.1 Å². The molecule has 2 aromatic heterocycles. The molecular weight excluding hydrogens is 274 g/mol. The number of aromatic nitrogens is 2. The molecule has 1 aliphatic carbocycles. The number of carbonyl (C=O) groups is 1. The molecule has 0 radical (unpaired) electrons. The third-order valence-corrected chi connectivity index (χ3v) is 4.56. The molecule has 0 spiro atoms.